The van der Waals surface area contributed by atoms with E-state index in [1.807, 2.05) is 0 Å². The van der Waals surface area contributed by atoms with Crippen LogP contribution in [0.1, 0.15) is 19.4 Å². The summed E-state index contributed by atoms with van der Waals surface area (Å²) in [5.74, 6) is -2.20. The molecule has 7 heteroatoms. The molecule has 0 saturated heterocycles. The minimum atomic E-state index is -0.985. The second kappa shape index (κ2) is 7.37. The van der Waals surface area contributed by atoms with Crippen molar-refractivity contribution < 1.29 is 18.8 Å². The topological polar surface area (TPSA) is 101 Å². The first-order chi connectivity index (χ1) is 9.81. The third-order valence-electron chi connectivity index (χ3n) is 2.86. The van der Waals surface area contributed by atoms with Gasteiger partial charge in [-0.15, -0.1) is 0 Å². The Balaban J connectivity index is 2.85. The van der Waals surface area contributed by atoms with Crippen molar-refractivity contribution in [2.75, 3.05) is 0 Å². The van der Waals surface area contributed by atoms with E-state index in [1.54, 1.807) is 6.07 Å². The Labute approximate surface area is 121 Å². The fourth-order valence-corrected chi connectivity index (χ4v) is 1.72. The number of primary amides is 1. The molecule has 0 heterocycles. The minimum Gasteiger partial charge on any atom is -0.368 e. The highest BCUT2D eigenvalue weighted by molar-refractivity contribution is 5.91. The molecule has 114 valence electrons. The molecule has 4 N–H and O–H groups in total. The summed E-state index contributed by atoms with van der Waals surface area (Å²) in [5.41, 5.74) is 5.35. The fraction of sp³-hybridized carbons (Fsp3) is 0.357. The molecule has 0 aliphatic carbocycles. The molecule has 0 spiro atoms. The van der Waals surface area contributed by atoms with Gasteiger partial charge in [0.25, 0.3) is 0 Å². The number of benzene rings is 1. The first kappa shape index (κ1) is 16.6. The molecule has 3 amide bonds. The summed E-state index contributed by atoms with van der Waals surface area (Å²) in [5, 5.41) is 4.80. The maximum atomic E-state index is 13.6. The largest absolute Gasteiger partial charge is 0.368 e. The molecule has 0 aliphatic heterocycles. The summed E-state index contributed by atoms with van der Waals surface area (Å²) < 4.78 is 13.6. The van der Waals surface area contributed by atoms with Crippen LogP contribution in [0.15, 0.2) is 24.3 Å². The highest BCUT2D eigenvalue weighted by Gasteiger charge is 2.23. The molecule has 1 aromatic rings. The van der Waals surface area contributed by atoms with Crippen LogP contribution in [0, 0.1) is 5.82 Å². The predicted molar refractivity (Wildman–Crippen MR) is 74.5 cm³/mol. The number of rotatable bonds is 6. The molecule has 1 rings (SSSR count). The number of halogens is 1. The molecule has 0 unspecified atom stereocenters. The van der Waals surface area contributed by atoms with Gasteiger partial charge in [0.1, 0.15) is 17.9 Å². The van der Waals surface area contributed by atoms with Crippen LogP contribution in [-0.2, 0) is 20.8 Å². The summed E-state index contributed by atoms with van der Waals surface area (Å²) in [6.07, 6.45) is -0.0242. The lowest BCUT2D eigenvalue weighted by atomic mass is 10.0. The van der Waals surface area contributed by atoms with Crippen molar-refractivity contribution in [1.82, 2.24) is 10.6 Å². The zero-order valence-corrected chi connectivity index (χ0v) is 11.9. The fourth-order valence-electron chi connectivity index (χ4n) is 1.72. The molecular formula is C14H18FN3O3. The first-order valence-corrected chi connectivity index (χ1v) is 6.41. The van der Waals surface area contributed by atoms with Crippen molar-refractivity contribution in [3.8, 4) is 0 Å². The van der Waals surface area contributed by atoms with Gasteiger partial charge >= 0.3 is 0 Å². The summed E-state index contributed by atoms with van der Waals surface area (Å²) in [6, 6.07) is 4.09. The van der Waals surface area contributed by atoms with Gasteiger partial charge in [0.05, 0.1) is 0 Å². The van der Waals surface area contributed by atoms with Crippen LogP contribution >= 0.6 is 0 Å². The predicted octanol–water partition coefficient (Wildman–Crippen LogP) is -0.137. The summed E-state index contributed by atoms with van der Waals surface area (Å²) in [4.78, 5) is 34.2. The molecule has 0 saturated carbocycles. The number of nitrogens with two attached hydrogens (primary N) is 1. The van der Waals surface area contributed by atoms with Gasteiger partial charge in [-0.2, -0.15) is 0 Å². The van der Waals surface area contributed by atoms with Crippen molar-refractivity contribution in [2.24, 2.45) is 5.73 Å². The molecule has 0 aliphatic rings. The molecule has 1 aromatic carbocycles. The molecule has 0 radical (unpaired) electrons. The van der Waals surface area contributed by atoms with Gasteiger partial charge in [-0.3, -0.25) is 14.4 Å². The van der Waals surface area contributed by atoms with Crippen LogP contribution in [0.25, 0.3) is 0 Å². The summed E-state index contributed by atoms with van der Waals surface area (Å²) in [6.45, 7) is 2.67. The van der Waals surface area contributed by atoms with Crippen LogP contribution in [0.4, 0.5) is 4.39 Å². The van der Waals surface area contributed by atoms with Gasteiger partial charge in [-0.05, 0) is 18.6 Å². The highest BCUT2D eigenvalue weighted by Crippen LogP contribution is 2.09. The smallest absolute Gasteiger partial charge is 0.243 e. The zero-order valence-electron chi connectivity index (χ0n) is 11.9. The van der Waals surface area contributed by atoms with Crippen molar-refractivity contribution in [1.29, 1.82) is 0 Å². The molecule has 0 bridgehead atoms. The molecule has 6 nitrogen and oxygen atoms in total. The van der Waals surface area contributed by atoms with Crippen LogP contribution < -0.4 is 16.4 Å². The third-order valence-corrected chi connectivity index (χ3v) is 2.86. The van der Waals surface area contributed by atoms with Crippen LogP contribution in [0.3, 0.4) is 0 Å². The minimum absolute atomic E-state index is 0.0242. The number of hydrogen-bond donors (Lipinski definition) is 3. The Morgan fingerprint density at radius 2 is 1.86 bits per heavy atom. The Bertz CT molecular complexity index is 548. The standard InChI is InChI=1S/C14H18FN3O3/c1-8(13(16)20)17-14(21)12(18-9(2)19)7-10-5-3-4-6-11(10)15/h3-6,8,12H,7H2,1-2H3,(H2,16,20)(H,17,21)(H,18,19)/t8-,12-/m1/s1. The van der Waals surface area contributed by atoms with E-state index in [9.17, 15) is 18.8 Å². The van der Waals surface area contributed by atoms with Crippen molar-refractivity contribution in [2.45, 2.75) is 32.4 Å². The zero-order chi connectivity index (χ0) is 16.0. The van der Waals surface area contributed by atoms with Gasteiger partial charge < -0.3 is 16.4 Å². The van der Waals surface area contributed by atoms with Crippen LogP contribution in [-0.4, -0.2) is 29.8 Å². The summed E-state index contributed by atoms with van der Waals surface area (Å²) in [7, 11) is 0. The van der Waals surface area contributed by atoms with E-state index < -0.39 is 35.6 Å². The lowest BCUT2D eigenvalue weighted by Gasteiger charge is -2.20. The van der Waals surface area contributed by atoms with Gasteiger partial charge in [-0.1, -0.05) is 18.2 Å². The van der Waals surface area contributed by atoms with Crippen LogP contribution in [0.5, 0.6) is 0 Å². The van der Waals surface area contributed by atoms with Crippen LogP contribution in [0.2, 0.25) is 0 Å². The molecular weight excluding hydrogens is 277 g/mol. The van der Waals surface area contributed by atoms with E-state index in [1.165, 1.54) is 32.0 Å². The molecule has 0 fully saturated rings. The van der Waals surface area contributed by atoms with Gasteiger partial charge in [0.2, 0.25) is 17.7 Å². The molecule has 0 aromatic heterocycles. The van der Waals surface area contributed by atoms with Crippen molar-refractivity contribution in [3.63, 3.8) is 0 Å². The normalized spacial score (nSPS) is 13.1. The van der Waals surface area contributed by atoms with Crippen molar-refractivity contribution in [3.05, 3.63) is 35.6 Å². The highest BCUT2D eigenvalue weighted by atomic mass is 19.1. The SMILES string of the molecule is CC(=O)N[C@H](Cc1ccccc1F)C(=O)N[C@H](C)C(N)=O. The number of amides is 3. The number of carbonyl (C=O) groups excluding carboxylic acids is 3. The van der Waals surface area contributed by atoms with E-state index in [4.69, 9.17) is 5.73 Å². The Kier molecular flexibility index (Phi) is 5.83. The monoisotopic (exact) mass is 295 g/mol. The quantitative estimate of drug-likeness (QED) is 0.681. The van der Waals surface area contributed by atoms with E-state index in [0.717, 1.165) is 0 Å². The number of carbonyl (C=O) groups is 3. The average Bonchev–Trinajstić information content (AvgIpc) is 2.39. The first-order valence-electron chi connectivity index (χ1n) is 6.41. The third kappa shape index (κ3) is 5.21. The van der Waals surface area contributed by atoms with E-state index >= 15 is 0 Å². The Morgan fingerprint density at radius 3 is 2.38 bits per heavy atom. The lowest BCUT2D eigenvalue weighted by molar-refractivity contribution is -0.130. The van der Waals surface area contributed by atoms with E-state index in [-0.39, 0.29) is 12.0 Å². The van der Waals surface area contributed by atoms with E-state index in [2.05, 4.69) is 10.6 Å². The second-order valence-corrected chi connectivity index (χ2v) is 4.68. The van der Waals surface area contributed by atoms with Gasteiger partial charge in [-0.25, -0.2) is 4.39 Å². The van der Waals surface area contributed by atoms with Crippen molar-refractivity contribution >= 4 is 17.7 Å². The van der Waals surface area contributed by atoms with E-state index in [0.29, 0.717) is 0 Å². The molecule has 21 heavy (non-hydrogen) atoms. The number of hydrogen-bond acceptors (Lipinski definition) is 3. The van der Waals surface area contributed by atoms with Gasteiger partial charge in [0, 0.05) is 13.3 Å². The Hall–Kier alpha value is -2.44. The Morgan fingerprint density at radius 1 is 1.24 bits per heavy atom. The van der Waals surface area contributed by atoms with Gasteiger partial charge in [0.15, 0.2) is 0 Å². The lowest BCUT2D eigenvalue weighted by Crippen LogP contribution is -2.52. The molecule has 2 atom stereocenters. The number of nitrogens with one attached hydrogen (secondary N) is 2. The maximum Gasteiger partial charge on any atom is 0.243 e. The summed E-state index contributed by atoms with van der Waals surface area (Å²) >= 11 is 0. The maximum absolute atomic E-state index is 13.6. The average molecular weight is 295 g/mol. The second-order valence-electron chi connectivity index (χ2n) is 4.68.